The molecule has 1 aliphatic heterocycles. The Hall–Kier alpha value is -2.45. The molecule has 0 saturated heterocycles. The van der Waals surface area contributed by atoms with Gasteiger partial charge in [-0.15, -0.1) is 0 Å². The van der Waals surface area contributed by atoms with E-state index in [-0.39, 0.29) is 0 Å². The van der Waals surface area contributed by atoms with Gasteiger partial charge < -0.3 is 9.88 Å². The molecule has 1 aliphatic rings. The number of fused-ring (bicyclic) bond motifs is 5. The van der Waals surface area contributed by atoms with Crippen molar-refractivity contribution in [2.45, 2.75) is 0 Å². The number of benzene rings is 3. The molecule has 0 aliphatic carbocycles. The van der Waals surface area contributed by atoms with Crippen LogP contribution in [0.2, 0.25) is 0 Å². The number of hydrogen-bond donors (Lipinski definition) is 1. The Bertz CT molecular complexity index is 848. The molecule has 0 spiro atoms. The topological polar surface area (TPSA) is 21.3 Å². The molecule has 22 heavy (non-hydrogen) atoms. The molecule has 3 aromatic rings. The van der Waals surface area contributed by atoms with Gasteiger partial charge in [0.25, 0.3) is 0 Å². The molecule has 4 rings (SSSR count). The Kier molecular flexibility index (Phi) is 3.24. The van der Waals surface area contributed by atoms with Crippen molar-refractivity contribution in [1.29, 1.82) is 0 Å². The van der Waals surface area contributed by atoms with Crippen molar-refractivity contribution in [3.63, 3.8) is 0 Å². The maximum Gasteiger partial charge on any atom is 0.232 e. The van der Waals surface area contributed by atoms with Crippen LogP contribution in [0.5, 0.6) is 11.5 Å². The van der Waals surface area contributed by atoms with Crippen LogP contribution in [0.4, 0.5) is 0 Å². The lowest BCUT2D eigenvalue weighted by Gasteiger charge is -2.13. The number of hydrogen-bond acceptors (Lipinski definition) is 2. The molecule has 101 valence electrons. The predicted molar refractivity (Wildman–Crippen MR) is 91.7 cm³/mol. The monoisotopic (exact) mass is 280 g/mol. The van der Waals surface area contributed by atoms with Crippen molar-refractivity contribution in [2.24, 2.45) is 0 Å². The standard InChI is InChI=1S/C18H12B2NO/c19-21-20-15-9-5-8-13-12-6-1-3-10-16(12)22-17-11-4-2-7-14(17)18(13)15/h1-11,21H. The van der Waals surface area contributed by atoms with Gasteiger partial charge in [0.2, 0.25) is 7.41 Å². The van der Waals surface area contributed by atoms with E-state index < -0.39 is 0 Å². The first-order valence-electron chi connectivity index (χ1n) is 7.17. The van der Waals surface area contributed by atoms with Crippen LogP contribution in [0, 0.1) is 0 Å². The lowest BCUT2D eigenvalue weighted by molar-refractivity contribution is 0.488. The SMILES string of the molecule is [B]N[B]c1cccc2c1-c1ccccc1Oc1ccccc1-2. The Morgan fingerprint density at radius 2 is 1.36 bits per heavy atom. The summed E-state index contributed by atoms with van der Waals surface area (Å²) in [6.07, 6.45) is 0. The first-order chi connectivity index (χ1) is 10.9. The average molecular weight is 280 g/mol. The average Bonchev–Trinajstić information content (AvgIpc) is 2.70. The molecule has 2 nitrogen and oxygen atoms in total. The molecule has 0 aromatic heterocycles. The van der Waals surface area contributed by atoms with Crippen LogP contribution in [0.1, 0.15) is 0 Å². The van der Waals surface area contributed by atoms with Gasteiger partial charge in [-0.25, -0.2) is 0 Å². The molecule has 0 bridgehead atoms. The van der Waals surface area contributed by atoms with Crippen molar-refractivity contribution in [1.82, 2.24) is 5.14 Å². The van der Waals surface area contributed by atoms with Gasteiger partial charge in [0, 0.05) is 11.1 Å². The van der Waals surface area contributed by atoms with E-state index in [4.69, 9.17) is 12.7 Å². The summed E-state index contributed by atoms with van der Waals surface area (Å²) in [5.41, 5.74) is 5.45. The largest absolute Gasteiger partial charge is 0.456 e. The molecule has 1 heterocycles. The molecule has 0 amide bonds. The Morgan fingerprint density at radius 3 is 2.14 bits per heavy atom. The molecule has 0 atom stereocenters. The van der Waals surface area contributed by atoms with Crippen LogP contribution in [-0.2, 0) is 0 Å². The van der Waals surface area contributed by atoms with E-state index in [1.807, 2.05) is 55.9 Å². The van der Waals surface area contributed by atoms with Crippen molar-refractivity contribution in [3.8, 4) is 33.8 Å². The first-order valence-corrected chi connectivity index (χ1v) is 7.17. The van der Waals surface area contributed by atoms with Crippen molar-refractivity contribution >= 4 is 20.9 Å². The van der Waals surface area contributed by atoms with E-state index in [1.54, 1.807) is 0 Å². The van der Waals surface area contributed by atoms with Gasteiger partial charge in [0.1, 0.15) is 11.5 Å². The third-order valence-corrected chi connectivity index (χ3v) is 3.89. The summed E-state index contributed by atoms with van der Waals surface area (Å²) in [6, 6.07) is 22.4. The van der Waals surface area contributed by atoms with Crippen LogP contribution >= 0.6 is 0 Å². The molecular formula is C18H12B2NO. The zero-order chi connectivity index (χ0) is 14.9. The van der Waals surface area contributed by atoms with Crippen LogP contribution in [0.25, 0.3) is 22.3 Å². The van der Waals surface area contributed by atoms with E-state index in [0.717, 1.165) is 39.2 Å². The number of nitrogens with one attached hydrogen (secondary N) is 1. The molecule has 1 N–H and O–H groups in total. The molecule has 3 aromatic carbocycles. The smallest absolute Gasteiger partial charge is 0.232 e. The first kappa shape index (κ1) is 13.2. The fourth-order valence-electron chi connectivity index (χ4n) is 2.96. The van der Waals surface area contributed by atoms with Crippen LogP contribution in [0.3, 0.4) is 0 Å². The van der Waals surface area contributed by atoms with Gasteiger partial charge in [0.05, 0.1) is 0 Å². The maximum atomic E-state index is 6.15. The maximum absolute atomic E-state index is 6.15. The third kappa shape index (κ3) is 2.04. The van der Waals surface area contributed by atoms with Crippen LogP contribution in [-0.4, -0.2) is 15.4 Å². The summed E-state index contributed by atoms with van der Waals surface area (Å²) in [4.78, 5) is 0. The predicted octanol–water partition coefficient (Wildman–Crippen LogP) is 3.04. The summed E-state index contributed by atoms with van der Waals surface area (Å²) >= 11 is 0. The highest BCUT2D eigenvalue weighted by Crippen LogP contribution is 2.45. The van der Waals surface area contributed by atoms with Crippen LogP contribution < -0.4 is 15.3 Å². The van der Waals surface area contributed by atoms with Gasteiger partial charge in [-0.2, -0.15) is 0 Å². The lowest BCUT2D eigenvalue weighted by atomic mass is 9.74. The van der Waals surface area contributed by atoms with Gasteiger partial charge >= 0.3 is 0 Å². The normalized spacial score (nSPS) is 11.5. The Morgan fingerprint density at radius 1 is 0.727 bits per heavy atom. The van der Waals surface area contributed by atoms with E-state index in [1.165, 1.54) is 0 Å². The molecular weight excluding hydrogens is 268 g/mol. The molecule has 0 unspecified atom stereocenters. The van der Waals surface area contributed by atoms with Crippen molar-refractivity contribution in [2.75, 3.05) is 0 Å². The quantitative estimate of drug-likeness (QED) is 0.570. The van der Waals surface area contributed by atoms with Gasteiger partial charge in [-0.3, -0.25) is 0 Å². The zero-order valence-corrected chi connectivity index (χ0v) is 11.9. The number of para-hydroxylation sites is 2. The highest BCUT2D eigenvalue weighted by molar-refractivity contribution is 6.58. The molecule has 3 radical (unpaired) electrons. The van der Waals surface area contributed by atoms with Gasteiger partial charge in [-0.1, -0.05) is 60.1 Å². The van der Waals surface area contributed by atoms with E-state index in [0.29, 0.717) is 0 Å². The fourth-order valence-corrected chi connectivity index (χ4v) is 2.96. The van der Waals surface area contributed by atoms with Crippen molar-refractivity contribution in [3.05, 3.63) is 66.7 Å². The lowest BCUT2D eigenvalue weighted by Crippen LogP contribution is -2.29. The van der Waals surface area contributed by atoms with Crippen molar-refractivity contribution < 1.29 is 4.74 Å². The van der Waals surface area contributed by atoms with E-state index in [2.05, 4.69) is 23.3 Å². The second-order valence-corrected chi connectivity index (χ2v) is 5.18. The van der Waals surface area contributed by atoms with Crippen LogP contribution in [0.15, 0.2) is 66.7 Å². The summed E-state index contributed by atoms with van der Waals surface area (Å²) in [5.74, 6) is 1.72. The van der Waals surface area contributed by atoms with E-state index in [9.17, 15) is 0 Å². The highest BCUT2D eigenvalue weighted by Gasteiger charge is 2.22. The van der Waals surface area contributed by atoms with Gasteiger partial charge in [0.15, 0.2) is 7.98 Å². The Balaban J connectivity index is 2.10. The highest BCUT2D eigenvalue weighted by atomic mass is 16.5. The second-order valence-electron chi connectivity index (χ2n) is 5.18. The summed E-state index contributed by atoms with van der Waals surface area (Å²) in [6.45, 7) is 0. The minimum Gasteiger partial charge on any atom is -0.456 e. The number of rotatable bonds is 2. The van der Waals surface area contributed by atoms with Gasteiger partial charge in [-0.05, 0) is 23.3 Å². The summed E-state index contributed by atoms with van der Waals surface area (Å²) in [5, 5.41) is 2.64. The van der Waals surface area contributed by atoms with E-state index >= 15 is 0 Å². The zero-order valence-electron chi connectivity index (χ0n) is 11.9. The minimum atomic E-state index is 0.853. The number of ether oxygens (including phenoxy) is 1. The fraction of sp³-hybridized carbons (Fsp3) is 0. The molecule has 0 fully saturated rings. The second kappa shape index (κ2) is 5.39. The molecule has 0 saturated carbocycles. The summed E-state index contributed by atoms with van der Waals surface area (Å²) < 4.78 is 6.15. The minimum absolute atomic E-state index is 0.853. The molecule has 4 heteroatoms. The third-order valence-electron chi connectivity index (χ3n) is 3.89. The Labute approximate surface area is 131 Å². The summed E-state index contributed by atoms with van der Waals surface area (Å²) in [7, 11) is 7.32.